The topological polar surface area (TPSA) is 45.8 Å². The number of methoxy groups -OCH3 is 2. The maximum absolute atomic E-state index is 6.04. The molecule has 1 atom stereocenters. The van der Waals surface area contributed by atoms with E-state index in [4.69, 9.17) is 9.47 Å². The minimum atomic E-state index is 0.370. The molecule has 4 aromatic carbocycles. The summed E-state index contributed by atoms with van der Waals surface area (Å²) in [4.78, 5) is 2.64. The summed E-state index contributed by atoms with van der Waals surface area (Å²) in [6, 6.07) is 30.5. The molecule has 0 fully saturated rings. The van der Waals surface area contributed by atoms with Crippen molar-refractivity contribution in [2.45, 2.75) is 44.9 Å². The number of anilines is 2. The van der Waals surface area contributed by atoms with E-state index in [1.54, 1.807) is 14.2 Å². The average molecular weight is 520 g/mol. The normalized spacial score (nSPS) is 16.3. The van der Waals surface area contributed by atoms with Crippen molar-refractivity contribution in [1.29, 1.82) is 0 Å². The van der Waals surface area contributed by atoms with Crippen LogP contribution in [-0.2, 0) is 32.5 Å². The number of hydrogen-bond acceptors (Lipinski definition) is 5. The molecular weight excluding hydrogens is 482 g/mol. The van der Waals surface area contributed by atoms with Crippen LogP contribution >= 0.6 is 0 Å². The highest BCUT2D eigenvalue weighted by molar-refractivity contribution is 5.64. The first kappa shape index (κ1) is 25.3. The molecule has 2 heterocycles. The molecule has 5 heteroatoms. The summed E-state index contributed by atoms with van der Waals surface area (Å²) >= 11 is 0. The molecule has 5 nitrogen and oxygen atoms in total. The third-order valence-electron chi connectivity index (χ3n) is 8.19. The van der Waals surface area contributed by atoms with Crippen molar-refractivity contribution in [2.24, 2.45) is 0 Å². The highest BCUT2D eigenvalue weighted by Crippen LogP contribution is 2.44. The summed E-state index contributed by atoms with van der Waals surface area (Å²) in [6.45, 7) is 3.46. The Morgan fingerprint density at radius 3 is 2.10 bits per heavy atom. The highest BCUT2D eigenvalue weighted by atomic mass is 16.5. The second kappa shape index (κ2) is 11.4. The van der Waals surface area contributed by atoms with Gasteiger partial charge in [-0.3, -0.25) is 4.90 Å². The average Bonchev–Trinajstić information content (AvgIpc) is 3.19. The minimum Gasteiger partial charge on any atom is -0.495 e. The summed E-state index contributed by atoms with van der Waals surface area (Å²) in [6.07, 6.45) is 3.14. The zero-order valence-electron chi connectivity index (χ0n) is 22.9. The van der Waals surface area contributed by atoms with Gasteiger partial charge in [0.25, 0.3) is 0 Å². The van der Waals surface area contributed by atoms with Gasteiger partial charge < -0.3 is 20.1 Å². The van der Waals surface area contributed by atoms with Crippen LogP contribution in [0.4, 0.5) is 11.4 Å². The molecule has 6 rings (SSSR count). The van der Waals surface area contributed by atoms with Crippen molar-refractivity contribution in [3.8, 4) is 11.5 Å². The monoisotopic (exact) mass is 519 g/mol. The van der Waals surface area contributed by atoms with Crippen molar-refractivity contribution < 1.29 is 9.47 Å². The summed E-state index contributed by atoms with van der Waals surface area (Å²) in [5.41, 5.74) is 10.2. The maximum Gasteiger partial charge on any atom is 0.146 e. The van der Waals surface area contributed by atoms with Crippen LogP contribution in [0.15, 0.2) is 84.9 Å². The van der Waals surface area contributed by atoms with Crippen LogP contribution in [0, 0.1) is 0 Å². The lowest BCUT2D eigenvalue weighted by Gasteiger charge is -2.37. The molecule has 0 spiro atoms. The Morgan fingerprint density at radius 2 is 1.44 bits per heavy atom. The number of nitrogens with one attached hydrogen (secondary N) is 2. The number of aryl methyl sites for hydroxylation is 1. The van der Waals surface area contributed by atoms with Gasteiger partial charge in [0.2, 0.25) is 0 Å². The van der Waals surface area contributed by atoms with Gasteiger partial charge in [0.15, 0.2) is 0 Å². The van der Waals surface area contributed by atoms with E-state index in [9.17, 15) is 0 Å². The van der Waals surface area contributed by atoms with Crippen molar-refractivity contribution in [3.05, 3.63) is 118 Å². The van der Waals surface area contributed by atoms with E-state index in [1.165, 1.54) is 33.4 Å². The molecule has 0 radical (unpaired) electrons. The summed E-state index contributed by atoms with van der Waals surface area (Å²) in [7, 11) is 3.57. The molecule has 2 aliphatic heterocycles. The predicted molar refractivity (Wildman–Crippen MR) is 159 cm³/mol. The van der Waals surface area contributed by atoms with E-state index in [0.29, 0.717) is 6.04 Å². The second-order valence-electron chi connectivity index (χ2n) is 10.5. The van der Waals surface area contributed by atoms with E-state index in [0.717, 1.165) is 68.3 Å². The largest absolute Gasteiger partial charge is 0.495 e. The fourth-order valence-electron chi connectivity index (χ4n) is 6.15. The molecule has 0 aromatic heterocycles. The Bertz CT molecular complexity index is 1420. The number of fused-ring (bicyclic) bond motifs is 4. The van der Waals surface area contributed by atoms with Gasteiger partial charge in [-0.05, 0) is 65.3 Å². The lowest BCUT2D eigenvalue weighted by atomic mass is 9.89. The first-order valence-corrected chi connectivity index (χ1v) is 13.9. The van der Waals surface area contributed by atoms with Gasteiger partial charge >= 0.3 is 0 Å². The molecule has 0 unspecified atom stereocenters. The molecule has 2 aliphatic rings. The number of hydrogen-bond donors (Lipinski definition) is 2. The number of benzene rings is 4. The van der Waals surface area contributed by atoms with Crippen LogP contribution in [0.25, 0.3) is 0 Å². The molecule has 4 aromatic rings. The molecule has 0 aliphatic carbocycles. The molecule has 0 amide bonds. The third kappa shape index (κ3) is 5.32. The van der Waals surface area contributed by atoms with Crippen LogP contribution in [-0.4, -0.2) is 25.7 Å². The van der Waals surface area contributed by atoms with Crippen LogP contribution in [0.3, 0.4) is 0 Å². The lowest BCUT2D eigenvalue weighted by molar-refractivity contribution is 0.172. The number of rotatable bonds is 8. The highest BCUT2D eigenvalue weighted by Gasteiger charge is 2.32. The molecule has 0 saturated heterocycles. The SMILES string of the molecule is COc1cc2c(cc1NCc1ccccc1)[C@@H]1CCc3ccc(NCc4ccccc4)c(OC)c3CN1CC2. The quantitative estimate of drug-likeness (QED) is 0.263. The smallest absolute Gasteiger partial charge is 0.146 e. The summed E-state index contributed by atoms with van der Waals surface area (Å²) in [5.74, 6) is 1.90. The van der Waals surface area contributed by atoms with E-state index in [2.05, 4.69) is 100 Å². The van der Waals surface area contributed by atoms with Gasteiger partial charge in [-0.25, -0.2) is 0 Å². The first-order valence-electron chi connectivity index (χ1n) is 13.9. The van der Waals surface area contributed by atoms with E-state index in [1.807, 2.05) is 0 Å². The minimum absolute atomic E-state index is 0.370. The van der Waals surface area contributed by atoms with Gasteiger partial charge in [0.05, 0.1) is 25.6 Å². The first-order chi connectivity index (χ1) is 19.2. The van der Waals surface area contributed by atoms with Crippen molar-refractivity contribution in [2.75, 3.05) is 31.4 Å². The molecule has 0 saturated carbocycles. The van der Waals surface area contributed by atoms with Gasteiger partial charge in [-0.1, -0.05) is 66.7 Å². The van der Waals surface area contributed by atoms with Gasteiger partial charge in [0, 0.05) is 37.8 Å². The Hall–Kier alpha value is -3.96. The van der Waals surface area contributed by atoms with Gasteiger partial charge in [-0.15, -0.1) is 0 Å². The molecular formula is C34H37N3O2. The Kier molecular flexibility index (Phi) is 7.42. The number of nitrogens with zero attached hydrogens (tertiary/aromatic N) is 1. The van der Waals surface area contributed by atoms with E-state index < -0.39 is 0 Å². The summed E-state index contributed by atoms with van der Waals surface area (Å²) < 4.78 is 11.9. The number of ether oxygens (including phenoxy) is 2. The van der Waals surface area contributed by atoms with Crippen LogP contribution in [0.5, 0.6) is 11.5 Å². The van der Waals surface area contributed by atoms with Gasteiger partial charge in [-0.2, -0.15) is 0 Å². The maximum atomic E-state index is 6.04. The van der Waals surface area contributed by atoms with Crippen LogP contribution in [0.2, 0.25) is 0 Å². The standard InChI is InChI=1S/C34H37N3O2/c1-38-33-19-27-17-18-37-23-29-26(13-15-30(34(29)39-2)35-21-24-9-5-3-6-10-24)14-16-32(37)28(27)20-31(33)36-22-25-11-7-4-8-12-25/h3-13,15,19-20,32,35-36H,14,16-18,21-23H2,1-2H3/t32-/m0/s1. The fraction of sp³-hybridized carbons (Fsp3) is 0.294. The van der Waals surface area contributed by atoms with Crippen LogP contribution in [0.1, 0.15) is 45.8 Å². The van der Waals surface area contributed by atoms with Crippen LogP contribution < -0.4 is 20.1 Å². The van der Waals surface area contributed by atoms with Crippen molar-refractivity contribution >= 4 is 11.4 Å². The zero-order chi connectivity index (χ0) is 26.6. The Balaban J connectivity index is 1.26. The van der Waals surface area contributed by atoms with Crippen molar-refractivity contribution in [1.82, 2.24) is 4.90 Å². The van der Waals surface area contributed by atoms with Gasteiger partial charge in [0.1, 0.15) is 11.5 Å². The zero-order valence-corrected chi connectivity index (χ0v) is 22.9. The van der Waals surface area contributed by atoms with E-state index >= 15 is 0 Å². The summed E-state index contributed by atoms with van der Waals surface area (Å²) in [5, 5.41) is 7.26. The molecule has 2 N–H and O–H groups in total. The Labute approximate surface area is 231 Å². The lowest BCUT2D eigenvalue weighted by Crippen LogP contribution is -2.34. The second-order valence-corrected chi connectivity index (χ2v) is 10.5. The Morgan fingerprint density at radius 1 is 0.744 bits per heavy atom. The third-order valence-corrected chi connectivity index (χ3v) is 8.19. The molecule has 200 valence electrons. The molecule has 0 bridgehead atoms. The fourth-order valence-corrected chi connectivity index (χ4v) is 6.15. The predicted octanol–water partition coefficient (Wildman–Crippen LogP) is 6.97. The van der Waals surface area contributed by atoms with E-state index in [-0.39, 0.29) is 0 Å². The molecule has 39 heavy (non-hydrogen) atoms. The van der Waals surface area contributed by atoms with Crippen molar-refractivity contribution in [3.63, 3.8) is 0 Å².